The largest absolute Gasteiger partial charge is 0.508 e. The number of aromatic hydroxyl groups is 1. The van der Waals surface area contributed by atoms with Crippen LogP contribution in [0.25, 0.3) is 0 Å². The molecule has 172 valence electrons. The molecule has 0 aliphatic carbocycles. The molecule has 2 aromatic rings. The smallest absolute Gasteiger partial charge is 0.325 e. The molecule has 1 aliphatic rings. The van der Waals surface area contributed by atoms with Crippen LogP contribution >= 0.6 is 0 Å². The Morgan fingerprint density at radius 2 is 1.97 bits per heavy atom. The molecule has 1 amide bonds. The first-order valence-electron chi connectivity index (χ1n) is 11.2. The molecule has 1 heterocycles. The summed E-state index contributed by atoms with van der Waals surface area (Å²) in [5.74, 6) is -0.199. The highest BCUT2D eigenvalue weighted by atomic mass is 16.5. The third-order valence-electron chi connectivity index (χ3n) is 6.88. The first-order valence-corrected chi connectivity index (χ1v) is 11.2. The van der Waals surface area contributed by atoms with Gasteiger partial charge in [0.05, 0.1) is 13.0 Å². The van der Waals surface area contributed by atoms with Crippen molar-refractivity contribution in [3.05, 3.63) is 65.7 Å². The Bertz CT molecular complexity index is 917. The number of phenols is 1. The van der Waals surface area contributed by atoms with Crippen LogP contribution in [0.2, 0.25) is 0 Å². The molecule has 6 nitrogen and oxygen atoms in total. The van der Waals surface area contributed by atoms with Crippen molar-refractivity contribution >= 4 is 11.9 Å². The molecule has 3 atom stereocenters. The van der Waals surface area contributed by atoms with Crippen molar-refractivity contribution in [3.63, 3.8) is 0 Å². The van der Waals surface area contributed by atoms with Gasteiger partial charge in [0.1, 0.15) is 12.3 Å². The number of methoxy groups -OCH3 is 1. The van der Waals surface area contributed by atoms with E-state index < -0.39 is 5.97 Å². The van der Waals surface area contributed by atoms with Crippen molar-refractivity contribution < 1.29 is 19.4 Å². The van der Waals surface area contributed by atoms with Gasteiger partial charge in [-0.05, 0) is 54.0 Å². The minimum absolute atomic E-state index is 0.0304. The second-order valence-corrected chi connectivity index (χ2v) is 9.06. The highest BCUT2D eigenvalue weighted by Crippen LogP contribution is 2.40. The van der Waals surface area contributed by atoms with Crippen LogP contribution in [-0.4, -0.2) is 55.2 Å². The van der Waals surface area contributed by atoms with Crippen LogP contribution in [0.5, 0.6) is 5.75 Å². The number of carbonyl (C=O) groups is 2. The molecule has 1 saturated heterocycles. The van der Waals surface area contributed by atoms with E-state index in [4.69, 9.17) is 0 Å². The zero-order valence-electron chi connectivity index (χ0n) is 19.2. The summed E-state index contributed by atoms with van der Waals surface area (Å²) in [6, 6.07) is 17.5. The molecule has 1 fully saturated rings. The standard InChI is InChI=1S/C26H34N2O4/c1-19-17-28(13-12-26(19,2)22-10-7-11-23(29)15-22)18-21(14-20-8-5-4-6-9-20)25(31)27-16-24(30)32-3/h4-11,15,19,21,29H,12-14,16-18H2,1-3H3,(H,27,31)/t19-,21-,26+/m0/s1. The highest BCUT2D eigenvalue weighted by molar-refractivity contribution is 5.83. The van der Waals surface area contributed by atoms with E-state index in [1.54, 1.807) is 6.07 Å². The predicted octanol–water partition coefficient (Wildman–Crippen LogP) is 3.14. The lowest BCUT2D eigenvalue weighted by molar-refractivity contribution is -0.141. The number of benzene rings is 2. The number of piperidine rings is 1. The number of nitrogens with zero attached hydrogens (tertiary/aromatic N) is 1. The zero-order chi connectivity index (χ0) is 23.1. The Morgan fingerprint density at radius 3 is 2.62 bits per heavy atom. The molecule has 3 rings (SSSR count). The lowest BCUT2D eigenvalue weighted by atomic mass is 9.68. The quantitative estimate of drug-likeness (QED) is 0.619. The fourth-order valence-electron chi connectivity index (χ4n) is 4.60. The number of hydrogen-bond donors (Lipinski definition) is 2. The second-order valence-electron chi connectivity index (χ2n) is 9.06. The van der Waals surface area contributed by atoms with Gasteiger partial charge in [0.25, 0.3) is 0 Å². The second kappa shape index (κ2) is 10.6. The van der Waals surface area contributed by atoms with Crippen LogP contribution in [0, 0.1) is 11.8 Å². The van der Waals surface area contributed by atoms with Crippen LogP contribution in [-0.2, 0) is 26.2 Å². The third kappa shape index (κ3) is 5.88. The summed E-state index contributed by atoms with van der Waals surface area (Å²) in [4.78, 5) is 26.8. The van der Waals surface area contributed by atoms with E-state index in [2.05, 4.69) is 34.9 Å². The van der Waals surface area contributed by atoms with Crippen LogP contribution in [0.3, 0.4) is 0 Å². The minimum Gasteiger partial charge on any atom is -0.508 e. The van der Waals surface area contributed by atoms with E-state index in [9.17, 15) is 14.7 Å². The molecule has 2 N–H and O–H groups in total. The monoisotopic (exact) mass is 438 g/mol. The Balaban J connectivity index is 1.69. The van der Waals surface area contributed by atoms with Gasteiger partial charge in [-0.2, -0.15) is 0 Å². The van der Waals surface area contributed by atoms with E-state index in [-0.39, 0.29) is 23.8 Å². The van der Waals surface area contributed by atoms with Crippen LogP contribution < -0.4 is 5.32 Å². The molecule has 0 saturated carbocycles. The maximum atomic E-state index is 12.9. The summed E-state index contributed by atoms with van der Waals surface area (Å²) in [5, 5.41) is 12.7. The number of esters is 1. The van der Waals surface area contributed by atoms with Gasteiger partial charge in [-0.3, -0.25) is 9.59 Å². The van der Waals surface area contributed by atoms with Gasteiger partial charge in [-0.25, -0.2) is 0 Å². The predicted molar refractivity (Wildman–Crippen MR) is 124 cm³/mol. The minimum atomic E-state index is -0.453. The third-order valence-corrected chi connectivity index (χ3v) is 6.88. The van der Waals surface area contributed by atoms with Gasteiger partial charge in [0.2, 0.25) is 5.91 Å². The highest BCUT2D eigenvalue weighted by Gasteiger charge is 2.39. The number of nitrogens with one attached hydrogen (secondary N) is 1. The van der Waals surface area contributed by atoms with Gasteiger partial charge in [0.15, 0.2) is 0 Å². The van der Waals surface area contributed by atoms with Gasteiger partial charge >= 0.3 is 5.97 Å². The molecular formula is C26H34N2O4. The lowest BCUT2D eigenvalue weighted by Gasteiger charge is -2.45. The normalized spacial score (nSPS) is 22.2. The first-order chi connectivity index (χ1) is 15.3. The fraction of sp³-hybridized carbons (Fsp3) is 0.462. The number of likely N-dealkylation sites (tertiary alicyclic amines) is 1. The molecule has 0 radical (unpaired) electrons. The number of carbonyl (C=O) groups excluding carboxylic acids is 2. The summed E-state index contributed by atoms with van der Waals surface area (Å²) >= 11 is 0. The number of phenolic OH excluding ortho intramolecular Hbond substituents is 1. The summed E-state index contributed by atoms with van der Waals surface area (Å²) in [6.07, 6.45) is 1.56. The summed E-state index contributed by atoms with van der Waals surface area (Å²) in [5.41, 5.74) is 2.22. The lowest BCUT2D eigenvalue weighted by Crippen LogP contribution is -2.50. The van der Waals surface area contributed by atoms with Gasteiger partial charge in [-0.1, -0.05) is 56.3 Å². The Hall–Kier alpha value is -2.86. The Kier molecular flexibility index (Phi) is 7.91. The summed E-state index contributed by atoms with van der Waals surface area (Å²) in [7, 11) is 1.31. The molecule has 6 heteroatoms. The number of ether oxygens (including phenoxy) is 1. The summed E-state index contributed by atoms with van der Waals surface area (Å²) < 4.78 is 4.65. The molecule has 2 aromatic carbocycles. The molecule has 0 aromatic heterocycles. The summed E-state index contributed by atoms with van der Waals surface area (Å²) in [6.45, 7) is 6.73. The molecule has 1 aliphatic heterocycles. The Morgan fingerprint density at radius 1 is 1.22 bits per heavy atom. The Labute approximate surface area is 190 Å². The van der Waals surface area contributed by atoms with Crippen LogP contribution in [0.4, 0.5) is 0 Å². The van der Waals surface area contributed by atoms with E-state index in [1.807, 2.05) is 42.5 Å². The van der Waals surface area contributed by atoms with Crippen molar-refractivity contribution in [1.29, 1.82) is 0 Å². The SMILES string of the molecule is COC(=O)CNC(=O)[C@@H](Cc1ccccc1)CN1CC[C@@](C)(c2cccc(O)c2)[C@@H](C)C1. The maximum absolute atomic E-state index is 12.9. The average Bonchev–Trinajstić information content (AvgIpc) is 2.80. The fourth-order valence-corrected chi connectivity index (χ4v) is 4.60. The van der Waals surface area contributed by atoms with E-state index in [1.165, 1.54) is 7.11 Å². The first kappa shape index (κ1) is 23.8. The average molecular weight is 439 g/mol. The van der Waals surface area contributed by atoms with Crippen molar-refractivity contribution in [3.8, 4) is 5.75 Å². The van der Waals surface area contributed by atoms with E-state index in [0.29, 0.717) is 24.6 Å². The molecule has 0 bridgehead atoms. The van der Waals surface area contributed by atoms with Crippen LogP contribution in [0.15, 0.2) is 54.6 Å². The molecule has 32 heavy (non-hydrogen) atoms. The molecule has 0 spiro atoms. The van der Waals surface area contributed by atoms with Crippen LogP contribution in [0.1, 0.15) is 31.4 Å². The van der Waals surface area contributed by atoms with Crippen molar-refractivity contribution in [2.75, 3.05) is 33.3 Å². The molecule has 0 unspecified atom stereocenters. The van der Waals surface area contributed by atoms with Gasteiger partial charge < -0.3 is 20.1 Å². The van der Waals surface area contributed by atoms with Crippen molar-refractivity contribution in [2.45, 2.75) is 32.1 Å². The van der Waals surface area contributed by atoms with E-state index in [0.717, 1.165) is 30.6 Å². The molecular weight excluding hydrogens is 404 g/mol. The zero-order valence-corrected chi connectivity index (χ0v) is 19.2. The van der Waals surface area contributed by atoms with Crippen molar-refractivity contribution in [2.24, 2.45) is 11.8 Å². The van der Waals surface area contributed by atoms with Crippen molar-refractivity contribution in [1.82, 2.24) is 10.2 Å². The van der Waals surface area contributed by atoms with Gasteiger partial charge in [-0.15, -0.1) is 0 Å². The van der Waals surface area contributed by atoms with E-state index >= 15 is 0 Å². The number of hydrogen-bond acceptors (Lipinski definition) is 5. The topological polar surface area (TPSA) is 78.9 Å². The maximum Gasteiger partial charge on any atom is 0.325 e. The number of rotatable bonds is 8. The number of amides is 1. The van der Waals surface area contributed by atoms with Gasteiger partial charge in [0, 0.05) is 13.1 Å².